The number of hydrogen-bond acceptors (Lipinski definition) is 10. The minimum absolute atomic E-state index is 0.108. The van der Waals surface area contributed by atoms with E-state index in [9.17, 15) is 19.3 Å². The maximum Gasteiger partial charge on any atom is 0.459 e. The number of nitrogen functional groups attached to an aromatic ring is 1. The summed E-state index contributed by atoms with van der Waals surface area (Å²) in [6.45, 7) is 3.98. The topological polar surface area (TPSA) is 164 Å². The molecule has 12 nitrogen and oxygen atoms in total. The fourth-order valence-electron chi connectivity index (χ4n) is 3.22. The molecule has 36 heavy (non-hydrogen) atoms. The molecule has 6 atom stereocenters. The van der Waals surface area contributed by atoms with E-state index in [-0.39, 0.29) is 11.6 Å². The third-order valence-electron chi connectivity index (χ3n) is 4.92. The Kier molecular flexibility index (Phi) is 8.75. The van der Waals surface area contributed by atoms with Crippen LogP contribution in [0.5, 0.6) is 5.75 Å². The molecule has 0 radical (unpaired) electrons. The van der Waals surface area contributed by atoms with E-state index in [1.165, 1.54) is 25.1 Å². The molecule has 2 heterocycles. The fourth-order valence-corrected chi connectivity index (χ4v) is 5.02. The second kappa shape index (κ2) is 11.2. The number of aliphatic hydroxyl groups excluding tert-OH is 1. The average molecular weight is 549 g/mol. The predicted octanol–water partition coefficient (Wildman–Crippen LogP) is 2.12. The first-order valence-corrected chi connectivity index (χ1v) is 12.8. The summed E-state index contributed by atoms with van der Waals surface area (Å²) in [4.78, 5) is 27.9. The van der Waals surface area contributed by atoms with E-state index in [2.05, 4.69) is 10.1 Å². The van der Waals surface area contributed by atoms with Gasteiger partial charge in [-0.3, -0.25) is 13.9 Å². The Morgan fingerprint density at radius 1 is 1.36 bits per heavy atom. The van der Waals surface area contributed by atoms with Crippen LogP contribution in [0.3, 0.4) is 0 Å². The minimum Gasteiger partial charge on any atom is -0.462 e. The molecule has 198 valence electrons. The van der Waals surface area contributed by atoms with Crippen LogP contribution in [0.15, 0.2) is 47.4 Å². The number of nitrogens with zero attached hydrogens (tertiary/aromatic N) is 2. The molecular weight excluding hydrogens is 522 g/mol. The summed E-state index contributed by atoms with van der Waals surface area (Å²) in [7, 11) is -4.33. The van der Waals surface area contributed by atoms with Crippen LogP contribution >= 0.6 is 19.3 Å². The molecule has 1 aromatic carbocycles. The molecule has 1 aliphatic heterocycles. The van der Waals surface area contributed by atoms with Crippen LogP contribution < -0.4 is 21.0 Å². The van der Waals surface area contributed by atoms with Crippen molar-refractivity contribution in [3.8, 4) is 5.75 Å². The molecule has 0 spiro atoms. The molecule has 0 aliphatic carbocycles. The smallest absolute Gasteiger partial charge is 0.459 e. The number of ether oxygens (including phenoxy) is 2. The Bertz CT molecular complexity index is 1170. The number of benzene rings is 1. The first kappa shape index (κ1) is 28.0. The molecule has 1 aromatic heterocycles. The Labute approximate surface area is 211 Å². The highest BCUT2D eigenvalue weighted by molar-refractivity contribution is 7.52. The number of hydrogen-bond donors (Lipinski definition) is 3. The summed E-state index contributed by atoms with van der Waals surface area (Å²) in [6.07, 6.45) is -4.62. The van der Waals surface area contributed by atoms with Crippen molar-refractivity contribution in [1.82, 2.24) is 14.6 Å². The lowest BCUT2D eigenvalue weighted by Gasteiger charge is -2.25. The van der Waals surface area contributed by atoms with Gasteiger partial charge in [0.05, 0.1) is 12.7 Å². The highest BCUT2D eigenvalue weighted by Gasteiger charge is 2.58. The van der Waals surface area contributed by atoms with Gasteiger partial charge < -0.3 is 24.8 Å². The van der Waals surface area contributed by atoms with Crippen molar-refractivity contribution in [2.45, 2.75) is 56.5 Å². The van der Waals surface area contributed by atoms with Gasteiger partial charge in [0, 0.05) is 6.20 Å². The zero-order valence-corrected chi connectivity index (χ0v) is 21.3. The van der Waals surface area contributed by atoms with Gasteiger partial charge >= 0.3 is 19.4 Å². The maximum atomic E-state index is 15.2. The van der Waals surface area contributed by atoms with Crippen LogP contribution in [-0.2, 0) is 23.4 Å². The van der Waals surface area contributed by atoms with Gasteiger partial charge in [0.25, 0.3) is 5.13 Å². The van der Waals surface area contributed by atoms with Crippen LogP contribution in [0.25, 0.3) is 0 Å². The molecule has 0 amide bonds. The molecule has 1 saturated heterocycles. The molecule has 1 unspecified atom stereocenters. The lowest BCUT2D eigenvalue weighted by molar-refractivity contribution is -0.149. The normalized spacial score (nSPS) is 26.4. The van der Waals surface area contributed by atoms with Crippen molar-refractivity contribution in [2.24, 2.45) is 0 Å². The molecule has 0 bridgehead atoms. The van der Waals surface area contributed by atoms with E-state index >= 15 is 4.39 Å². The van der Waals surface area contributed by atoms with E-state index in [1.54, 1.807) is 32.0 Å². The van der Waals surface area contributed by atoms with Gasteiger partial charge in [0.15, 0.2) is 6.23 Å². The summed E-state index contributed by atoms with van der Waals surface area (Å²) in [6, 6.07) is 8.03. The molecule has 4 N–H and O–H groups in total. The van der Waals surface area contributed by atoms with Crippen LogP contribution in [0.4, 0.5) is 10.2 Å². The number of carbonyl (C=O) groups excluding carboxylic acids is 1. The number of halogens is 2. The first-order valence-electron chi connectivity index (χ1n) is 10.9. The lowest BCUT2D eigenvalue weighted by atomic mass is 10.1. The van der Waals surface area contributed by atoms with Gasteiger partial charge in [-0.15, -0.1) is 0 Å². The molecule has 15 heteroatoms. The summed E-state index contributed by atoms with van der Waals surface area (Å²) >= 11 is 5.89. The number of rotatable bonds is 10. The number of aromatic nitrogens is 2. The zero-order valence-electron chi connectivity index (χ0n) is 19.6. The van der Waals surface area contributed by atoms with Crippen LogP contribution in [0.1, 0.15) is 27.0 Å². The third-order valence-corrected chi connectivity index (χ3v) is 6.97. The fraction of sp³-hybridized carbons (Fsp3) is 0.476. The maximum absolute atomic E-state index is 15.2. The number of esters is 1. The van der Waals surface area contributed by atoms with Crippen LogP contribution in [0.2, 0.25) is 0 Å². The Hall–Kier alpha value is -2.54. The van der Waals surface area contributed by atoms with Gasteiger partial charge in [0.2, 0.25) is 0 Å². The largest absolute Gasteiger partial charge is 0.462 e. The SMILES string of the molecule is CC(C)OC(=O)[C@H](C)NP(=O)(OC[C@H]1O[C@@H](n2ccc(N)nc2=O)[C@@](F)(Cl)[C@@H]1O)Oc1ccccc1. The van der Waals surface area contributed by atoms with Crippen molar-refractivity contribution >= 4 is 31.1 Å². The molecule has 0 saturated carbocycles. The number of nitrogens with two attached hydrogens (primary N) is 1. The third kappa shape index (κ3) is 6.61. The minimum atomic E-state index is -4.33. The number of para-hydroxylation sites is 1. The number of nitrogens with one attached hydrogen (secondary N) is 1. The predicted molar refractivity (Wildman–Crippen MR) is 127 cm³/mol. The number of alkyl halides is 2. The number of anilines is 1. The van der Waals surface area contributed by atoms with Crippen LogP contribution in [0, 0.1) is 0 Å². The molecule has 3 rings (SSSR count). The van der Waals surface area contributed by atoms with Crippen molar-refractivity contribution in [3.63, 3.8) is 0 Å². The van der Waals surface area contributed by atoms with E-state index in [1.807, 2.05) is 0 Å². The summed E-state index contributed by atoms with van der Waals surface area (Å²) in [5.74, 6) is -0.689. The zero-order chi connectivity index (χ0) is 26.7. The average Bonchev–Trinajstić information content (AvgIpc) is 3.01. The Balaban J connectivity index is 1.79. The summed E-state index contributed by atoms with van der Waals surface area (Å²) in [5.41, 5.74) is 4.48. The van der Waals surface area contributed by atoms with Gasteiger partial charge in [0.1, 0.15) is 29.8 Å². The van der Waals surface area contributed by atoms with Gasteiger partial charge in [-0.2, -0.15) is 10.1 Å². The first-order chi connectivity index (χ1) is 16.8. The summed E-state index contributed by atoms with van der Waals surface area (Å²) < 4.78 is 51.0. The highest BCUT2D eigenvalue weighted by Crippen LogP contribution is 2.48. The molecular formula is C21H27ClFN4O8P. The standard InChI is InChI=1S/C21H27ClFN4O8P/c1-12(2)33-18(29)13(3)26-36(31,35-14-7-5-4-6-8-14)32-11-15-17(28)21(22,23)19(34-15)27-10-9-16(24)25-20(27)30/h4-10,12-13,15,17,19,28H,11H2,1-3H3,(H,26,31)(H2,24,25,30)/t13-,15+,17+,19+,21+,36?/m0/s1. The van der Waals surface area contributed by atoms with Crippen molar-refractivity contribution in [2.75, 3.05) is 12.3 Å². The molecule has 1 fully saturated rings. The Morgan fingerprint density at radius 3 is 2.64 bits per heavy atom. The second-order valence-electron chi connectivity index (χ2n) is 8.22. The Morgan fingerprint density at radius 2 is 2.03 bits per heavy atom. The lowest BCUT2D eigenvalue weighted by Crippen LogP contribution is -2.41. The van der Waals surface area contributed by atoms with E-state index in [0.29, 0.717) is 0 Å². The van der Waals surface area contributed by atoms with Gasteiger partial charge in [-0.1, -0.05) is 29.8 Å². The molecule has 1 aliphatic rings. The van der Waals surface area contributed by atoms with E-state index in [4.69, 9.17) is 35.9 Å². The van der Waals surface area contributed by atoms with Crippen molar-refractivity contribution in [1.29, 1.82) is 0 Å². The monoisotopic (exact) mass is 548 g/mol. The number of carbonyl (C=O) groups is 1. The van der Waals surface area contributed by atoms with Crippen molar-refractivity contribution < 1.29 is 37.4 Å². The summed E-state index contributed by atoms with van der Waals surface area (Å²) in [5, 5.41) is 9.94. The van der Waals surface area contributed by atoms with Crippen molar-refractivity contribution in [3.05, 3.63) is 53.1 Å². The van der Waals surface area contributed by atoms with E-state index in [0.717, 1.165) is 10.8 Å². The number of aliphatic hydroxyl groups is 1. The van der Waals surface area contributed by atoms with E-state index < -0.39 is 61.7 Å². The van der Waals surface area contributed by atoms with Crippen LogP contribution in [-0.4, -0.2) is 56.7 Å². The highest BCUT2D eigenvalue weighted by atomic mass is 35.5. The van der Waals surface area contributed by atoms with Gasteiger partial charge in [-0.05, 0) is 39.0 Å². The quantitative estimate of drug-likeness (QED) is 0.226. The van der Waals surface area contributed by atoms with Gasteiger partial charge in [-0.25, -0.2) is 13.8 Å². The second-order valence-corrected chi connectivity index (χ2v) is 10.5. The molecule has 2 aromatic rings.